The molecule has 0 aliphatic carbocycles. The Hall–Kier alpha value is -0.330. The zero-order valence-electron chi connectivity index (χ0n) is 7.65. The Morgan fingerprint density at radius 2 is 2.14 bits per heavy atom. The van der Waals surface area contributed by atoms with Crippen LogP contribution < -0.4 is 5.73 Å². The minimum absolute atomic E-state index is 0.336. The summed E-state index contributed by atoms with van der Waals surface area (Å²) in [5, 5.41) is -0.503. The fraction of sp³-hybridized carbons (Fsp3) is 0.857. The average Bonchev–Trinajstić information content (AvgIpc) is 2.18. The lowest BCUT2D eigenvalue weighted by Crippen LogP contribution is -2.50. The minimum Gasteiger partial charge on any atom is -0.368 e. The van der Waals surface area contributed by atoms with Crippen LogP contribution in [0.25, 0.3) is 0 Å². The number of hydrogen-bond donors (Lipinski definition) is 1. The van der Waals surface area contributed by atoms with Crippen molar-refractivity contribution in [1.82, 2.24) is 4.31 Å². The minimum atomic E-state index is -3.52. The molecule has 2 N–H and O–H groups in total. The average molecular weight is 241 g/mol. The molecule has 1 aliphatic heterocycles. The van der Waals surface area contributed by atoms with Crippen LogP contribution in [0.1, 0.15) is 19.3 Å². The van der Waals surface area contributed by atoms with Crippen molar-refractivity contribution in [3.63, 3.8) is 0 Å². The molecule has 1 rings (SSSR count). The van der Waals surface area contributed by atoms with Gasteiger partial charge < -0.3 is 5.73 Å². The zero-order chi connectivity index (χ0) is 10.8. The number of rotatable bonds is 3. The zero-order valence-corrected chi connectivity index (χ0v) is 9.22. The van der Waals surface area contributed by atoms with E-state index in [2.05, 4.69) is 0 Å². The number of sulfonamides is 1. The molecule has 0 bridgehead atoms. The number of alkyl halides is 1. The Bertz CT molecular complexity index is 317. The van der Waals surface area contributed by atoms with Gasteiger partial charge in [-0.1, -0.05) is 6.42 Å². The molecule has 0 aromatic heterocycles. The van der Waals surface area contributed by atoms with Gasteiger partial charge in [-0.25, -0.2) is 8.42 Å². The van der Waals surface area contributed by atoms with E-state index in [1.807, 2.05) is 0 Å². The number of primary amides is 1. The first-order valence-corrected chi connectivity index (χ1v) is 6.48. The van der Waals surface area contributed by atoms with Gasteiger partial charge in [-0.3, -0.25) is 4.79 Å². The standard InChI is InChI=1S/C7H13ClN2O3S/c8-5-14(12,13)10-4-2-1-3-6(10)7(9)11/h6H,1-5H2,(H2,9,11). The number of nitrogens with two attached hydrogens (primary N) is 1. The molecule has 0 aromatic carbocycles. The van der Waals surface area contributed by atoms with Crippen molar-refractivity contribution in [3.8, 4) is 0 Å². The Morgan fingerprint density at radius 3 is 2.64 bits per heavy atom. The van der Waals surface area contributed by atoms with Gasteiger partial charge >= 0.3 is 0 Å². The lowest BCUT2D eigenvalue weighted by molar-refractivity contribution is -0.122. The number of halogens is 1. The molecular formula is C7H13ClN2O3S. The predicted molar refractivity (Wildman–Crippen MR) is 53.2 cm³/mol. The predicted octanol–water partition coefficient (Wildman–Crippen LogP) is -0.148. The Morgan fingerprint density at radius 1 is 1.50 bits per heavy atom. The van der Waals surface area contributed by atoms with Crippen LogP contribution >= 0.6 is 11.6 Å². The molecule has 82 valence electrons. The third-order valence-corrected chi connectivity index (χ3v) is 4.53. The molecule has 1 heterocycles. The van der Waals surface area contributed by atoms with Crippen LogP contribution in [0.2, 0.25) is 0 Å². The van der Waals surface area contributed by atoms with E-state index in [-0.39, 0.29) is 0 Å². The van der Waals surface area contributed by atoms with Gasteiger partial charge in [-0.15, -0.1) is 11.6 Å². The largest absolute Gasteiger partial charge is 0.368 e. The van der Waals surface area contributed by atoms with E-state index >= 15 is 0 Å². The van der Waals surface area contributed by atoms with Crippen LogP contribution in [0.3, 0.4) is 0 Å². The summed E-state index contributed by atoms with van der Waals surface area (Å²) in [6.07, 6.45) is 2.06. The maximum absolute atomic E-state index is 11.5. The van der Waals surface area contributed by atoms with E-state index in [4.69, 9.17) is 17.3 Å². The summed E-state index contributed by atoms with van der Waals surface area (Å²) in [7, 11) is -3.52. The van der Waals surface area contributed by atoms with Gasteiger partial charge in [0.1, 0.15) is 11.3 Å². The van der Waals surface area contributed by atoms with Crippen LogP contribution in [-0.4, -0.2) is 36.4 Å². The monoisotopic (exact) mass is 240 g/mol. The quantitative estimate of drug-likeness (QED) is 0.697. The van der Waals surface area contributed by atoms with Gasteiger partial charge in [0.15, 0.2) is 0 Å². The van der Waals surface area contributed by atoms with Gasteiger partial charge in [0.05, 0.1) is 0 Å². The number of amides is 1. The van der Waals surface area contributed by atoms with Crippen molar-refractivity contribution >= 4 is 27.5 Å². The van der Waals surface area contributed by atoms with Crippen molar-refractivity contribution in [3.05, 3.63) is 0 Å². The number of nitrogens with zero attached hydrogens (tertiary/aromatic N) is 1. The third kappa shape index (κ3) is 2.37. The summed E-state index contributed by atoms with van der Waals surface area (Å²) in [6, 6.07) is -0.715. The van der Waals surface area contributed by atoms with E-state index in [1.165, 1.54) is 0 Å². The second kappa shape index (κ2) is 4.46. The SMILES string of the molecule is NC(=O)C1CCCCN1S(=O)(=O)CCl. The van der Waals surface area contributed by atoms with Crippen molar-refractivity contribution in [1.29, 1.82) is 0 Å². The van der Waals surface area contributed by atoms with Gasteiger partial charge in [0.25, 0.3) is 0 Å². The van der Waals surface area contributed by atoms with Crippen LogP contribution in [0.4, 0.5) is 0 Å². The highest BCUT2D eigenvalue weighted by atomic mass is 35.5. The summed E-state index contributed by atoms with van der Waals surface area (Å²) in [5.41, 5.74) is 5.12. The smallest absolute Gasteiger partial charge is 0.235 e. The summed E-state index contributed by atoms with van der Waals surface area (Å²) in [6.45, 7) is 0.336. The molecular weight excluding hydrogens is 228 g/mol. The number of piperidine rings is 1. The second-order valence-electron chi connectivity index (χ2n) is 3.25. The highest BCUT2D eigenvalue weighted by Crippen LogP contribution is 2.20. The van der Waals surface area contributed by atoms with Crippen molar-refractivity contribution in [2.75, 3.05) is 11.8 Å². The van der Waals surface area contributed by atoms with Crippen LogP contribution in [0.5, 0.6) is 0 Å². The van der Waals surface area contributed by atoms with Crippen LogP contribution in [0.15, 0.2) is 0 Å². The Kier molecular flexibility index (Phi) is 3.74. The first-order valence-electron chi connectivity index (χ1n) is 4.34. The van der Waals surface area contributed by atoms with E-state index in [1.54, 1.807) is 0 Å². The van der Waals surface area contributed by atoms with E-state index in [0.29, 0.717) is 13.0 Å². The number of hydrogen-bond acceptors (Lipinski definition) is 3. The summed E-state index contributed by atoms with van der Waals surface area (Å²) < 4.78 is 24.0. The molecule has 1 unspecified atom stereocenters. The van der Waals surface area contributed by atoms with Crippen LogP contribution in [-0.2, 0) is 14.8 Å². The summed E-state index contributed by atoms with van der Waals surface area (Å²) in [4.78, 5) is 11.0. The van der Waals surface area contributed by atoms with Crippen molar-refractivity contribution in [2.45, 2.75) is 25.3 Å². The first kappa shape index (κ1) is 11.7. The second-order valence-corrected chi connectivity index (χ2v) is 5.75. The van der Waals surface area contributed by atoms with Gasteiger partial charge in [-0.2, -0.15) is 4.31 Å². The van der Waals surface area contributed by atoms with E-state index in [0.717, 1.165) is 17.1 Å². The fourth-order valence-corrected chi connectivity index (χ4v) is 3.09. The van der Waals surface area contributed by atoms with E-state index < -0.39 is 27.2 Å². The molecule has 1 fully saturated rings. The number of carbonyl (C=O) groups is 1. The maximum Gasteiger partial charge on any atom is 0.235 e. The van der Waals surface area contributed by atoms with Crippen molar-refractivity contribution < 1.29 is 13.2 Å². The summed E-state index contributed by atoms with van der Waals surface area (Å²) in [5.74, 6) is -0.599. The molecule has 1 atom stereocenters. The molecule has 5 nitrogen and oxygen atoms in total. The third-order valence-electron chi connectivity index (χ3n) is 2.28. The lowest BCUT2D eigenvalue weighted by atomic mass is 10.0. The maximum atomic E-state index is 11.5. The fourth-order valence-electron chi connectivity index (χ4n) is 1.58. The molecule has 0 spiro atoms. The molecule has 1 amide bonds. The molecule has 0 aromatic rings. The number of carbonyl (C=O) groups excluding carboxylic acids is 1. The normalized spacial score (nSPS) is 24.8. The topological polar surface area (TPSA) is 80.5 Å². The highest BCUT2D eigenvalue weighted by molar-refractivity contribution is 7.90. The van der Waals surface area contributed by atoms with Crippen molar-refractivity contribution in [2.24, 2.45) is 5.73 Å². The van der Waals surface area contributed by atoms with Gasteiger partial charge in [-0.05, 0) is 12.8 Å². The Balaban J connectivity index is 2.88. The highest BCUT2D eigenvalue weighted by Gasteiger charge is 2.34. The van der Waals surface area contributed by atoms with E-state index in [9.17, 15) is 13.2 Å². The first-order chi connectivity index (χ1) is 6.49. The molecule has 7 heteroatoms. The Labute approximate surface area is 88.2 Å². The van der Waals surface area contributed by atoms with Crippen LogP contribution in [0, 0.1) is 0 Å². The van der Waals surface area contributed by atoms with Gasteiger partial charge in [0.2, 0.25) is 15.9 Å². The lowest BCUT2D eigenvalue weighted by Gasteiger charge is -2.31. The van der Waals surface area contributed by atoms with Gasteiger partial charge in [0, 0.05) is 6.54 Å². The molecule has 14 heavy (non-hydrogen) atoms. The molecule has 1 saturated heterocycles. The summed E-state index contributed by atoms with van der Waals surface area (Å²) >= 11 is 5.31. The molecule has 1 aliphatic rings. The molecule has 0 saturated carbocycles. The molecule has 0 radical (unpaired) electrons.